The van der Waals surface area contributed by atoms with Crippen molar-refractivity contribution in [3.8, 4) is 17.5 Å². The van der Waals surface area contributed by atoms with Crippen LogP contribution in [0, 0.1) is 16.9 Å². The first-order valence-corrected chi connectivity index (χ1v) is 8.55. The highest BCUT2D eigenvalue weighted by atomic mass is 32.1. The number of hydrogen-bond acceptors (Lipinski definition) is 5. The minimum atomic E-state index is 0.0108. The fraction of sp³-hybridized carbons (Fsp3) is 0.353. The fourth-order valence-corrected chi connectivity index (χ4v) is 4.19. The third-order valence-corrected chi connectivity index (χ3v) is 5.69. The van der Waals surface area contributed by atoms with Crippen LogP contribution in [-0.2, 0) is 0 Å². The Morgan fingerprint density at radius 3 is 3.04 bits per heavy atom. The summed E-state index contributed by atoms with van der Waals surface area (Å²) in [5, 5.41) is 14.0. The normalized spacial score (nSPS) is 25.3. The molecule has 2 aromatic rings. The summed E-state index contributed by atoms with van der Waals surface area (Å²) in [4.78, 5) is 19.0. The van der Waals surface area contributed by atoms with Gasteiger partial charge in [0.1, 0.15) is 0 Å². The van der Waals surface area contributed by atoms with Crippen LogP contribution in [0.5, 0.6) is 0 Å². The maximum absolute atomic E-state index is 12.7. The summed E-state index contributed by atoms with van der Waals surface area (Å²) in [6.07, 6.45) is 3.97. The Hall–Kier alpha value is -2.39. The van der Waals surface area contributed by atoms with Gasteiger partial charge in [0.05, 0.1) is 5.69 Å². The largest absolute Gasteiger partial charge is 0.336 e. The first-order valence-electron chi connectivity index (χ1n) is 7.67. The van der Waals surface area contributed by atoms with Crippen molar-refractivity contribution in [1.29, 1.82) is 5.26 Å². The Kier molecular flexibility index (Phi) is 3.31. The molecule has 5 nitrogen and oxygen atoms in total. The first kappa shape index (κ1) is 14.2. The van der Waals surface area contributed by atoms with E-state index in [0.29, 0.717) is 5.01 Å². The number of thiazole rings is 1. The molecule has 1 saturated carbocycles. The van der Waals surface area contributed by atoms with E-state index in [-0.39, 0.29) is 17.4 Å². The van der Waals surface area contributed by atoms with Gasteiger partial charge in [0.25, 0.3) is 5.91 Å². The Labute approximate surface area is 138 Å². The number of benzene rings is 1. The average molecular weight is 324 g/mol. The van der Waals surface area contributed by atoms with Crippen molar-refractivity contribution < 1.29 is 4.79 Å². The average Bonchev–Trinajstić information content (AvgIpc) is 2.98. The van der Waals surface area contributed by atoms with E-state index in [1.165, 1.54) is 11.3 Å². The smallest absolute Gasteiger partial charge is 0.282 e. The fourth-order valence-electron chi connectivity index (χ4n) is 3.40. The lowest BCUT2D eigenvalue weighted by Gasteiger charge is -2.14. The van der Waals surface area contributed by atoms with Gasteiger partial charge in [-0.05, 0) is 12.8 Å². The number of carbonyl (C=O) groups is 1. The van der Waals surface area contributed by atoms with Crippen molar-refractivity contribution in [2.75, 3.05) is 13.1 Å². The highest BCUT2D eigenvalue weighted by Crippen LogP contribution is 2.53. The van der Waals surface area contributed by atoms with Crippen LogP contribution in [0.15, 0.2) is 35.7 Å². The molecule has 1 aliphatic carbocycles. The molecule has 1 spiro atoms. The monoisotopic (exact) mass is 324 g/mol. The standard InChI is InChI=1S/C17H16N4OS/c18-11-19-14-8-17(14)6-7-21(10-17)16(22)15-20-13(9-23-15)12-4-2-1-3-5-12/h1-5,9,14,19H,6-8,10H2/t14?,17-/m1/s1. The molecule has 1 saturated heterocycles. The Morgan fingerprint density at radius 2 is 2.26 bits per heavy atom. The molecule has 2 fully saturated rings. The van der Waals surface area contributed by atoms with E-state index < -0.39 is 0 Å². The van der Waals surface area contributed by atoms with Crippen LogP contribution in [0.3, 0.4) is 0 Å². The molecule has 2 atom stereocenters. The molecule has 1 aromatic carbocycles. The van der Waals surface area contributed by atoms with Gasteiger partial charge in [-0.2, -0.15) is 5.26 Å². The second-order valence-electron chi connectivity index (χ2n) is 6.26. The van der Waals surface area contributed by atoms with E-state index >= 15 is 0 Å². The third-order valence-electron chi connectivity index (χ3n) is 4.86. The minimum Gasteiger partial charge on any atom is -0.336 e. The van der Waals surface area contributed by atoms with Gasteiger partial charge in [-0.15, -0.1) is 11.3 Å². The molecule has 1 aromatic heterocycles. The van der Waals surface area contributed by atoms with E-state index in [4.69, 9.17) is 5.26 Å². The van der Waals surface area contributed by atoms with Crippen molar-refractivity contribution in [1.82, 2.24) is 15.2 Å². The molecule has 1 unspecified atom stereocenters. The number of nitrogens with zero attached hydrogens (tertiary/aromatic N) is 3. The minimum absolute atomic E-state index is 0.0108. The molecule has 6 heteroatoms. The Balaban J connectivity index is 1.47. The number of nitriles is 1. The van der Waals surface area contributed by atoms with Crippen molar-refractivity contribution in [2.45, 2.75) is 18.9 Å². The number of nitrogens with one attached hydrogen (secondary N) is 1. The van der Waals surface area contributed by atoms with E-state index in [1.807, 2.05) is 46.8 Å². The number of carbonyl (C=O) groups excluding carboxylic acids is 1. The summed E-state index contributed by atoms with van der Waals surface area (Å²) in [5.74, 6) is 0.0108. The zero-order chi connectivity index (χ0) is 15.9. The van der Waals surface area contributed by atoms with Gasteiger partial charge in [-0.3, -0.25) is 4.79 Å². The third kappa shape index (κ3) is 2.47. The predicted molar refractivity (Wildman–Crippen MR) is 87.7 cm³/mol. The number of aromatic nitrogens is 1. The lowest BCUT2D eigenvalue weighted by atomic mass is 10.1. The number of amides is 1. The van der Waals surface area contributed by atoms with E-state index in [1.54, 1.807) is 0 Å². The molecule has 1 amide bonds. The summed E-state index contributed by atoms with van der Waals surface area (Å²) < 4.78 is 0. The van der Waals surface area contributed by atoms with Gasteiger partial charge in [-0.25, -0.2) is 4.98 Å². The van der Waals surface area contributed by atoms with Crippen molar-refractivity contribution in [3.63, 3.8) is 0 Å². The van der Waals surface area contributed by atoms with Crippen LogP contribution >= 0.6 is 11.3 Å². The molecule has 2 heterocycles. The second kappa shape index (κ2) is 5.36. The zero-order valence-electron chi connectivity index (χ0n) is 12.5. The topological polar surface area (TPSA) is 69.0 Å². The van der Waals surface area contributed by atoms with E-state index in [0.717, 1.165) is 37.2 Å². The molecule has 0 bridgehead atoms. The van der Waals surface area contributed by atoms with Crippen LogP contribution in [0.4, 0.5) is 0 Å². The van der Waals surface area contributed by atoms with Gasteiger partial charge in [0, 0.05) is 35.5 Å². The quantitative estimate of drug-likeness (QED) is 0.696. The molecule has 116 valence electrons. The molecule has 1 N–H and O–H groups in total. The van der Waals surface area contributed by atoms with Crippen LogP contribution in [0.25, 0.3) is 11.3 Å². The summed E-state index contributed by atoms with van der Waals surface area (Å²) in [6.45, 7) is 1.48. The number of hydrogen-bond donors (Lipinski definition) is 1. The van der Waals surface area contributed by atoms with Gasteiger partial charge >= 0.3 is 0 Å². The summed E-state index contributed by atoms with van der Waals surface area (Å²) in [6, 6.07) is 10.1. The van der Waals surface area contributed by atoms with Crippen LogP contribution in [0.1, 0.15) is 22.6 Å². The van der Waals surface area contributed by atoms with E-state index in [2.05, 4.69) is 10.3 Å². The van der Waals surface area contributed by atoms with Gasteiger partial charge < -0.3 is 10.2 Å². The lowest BCUT2D eigenvalue weighted by molar-refractivity contribution is 0.0784. The molecular formula is C17H16N4OS. The van der Waals surface area contributed by atoms with Crippen molar-refractivity contribution in [3.05, 3.63) is 40.7 Å². The van der Waals surface area contributed by atoms with Gasteiger partial charge in [0.2, 0.25) is 0 Å². The van der Waals surface area contributed by atoms with Crippen LogP contribution in [-0.4, -0.2) is 34.9 Å². The van der Waals surface area contributed by atoms with Crippen LogP contribution < -0.4 is 5.32 Å². The maximum atomic E-state index is 12.7. The number of likely N-dealkylation sites (tertiary alicyclic amines) is 1. The molecule has 23 heavy (non-hydrogen) atoms. The molecule has 4 rings (SSSR count). The second-order valence-corrected chi connectivity index (χ2v) is 7.11. The van der Waals surface area contributed by atoms with Gasteiger partial charge in [-0.1, -0.05) is 30.3 Å². The Bertz CT molecular complexity index is 781. The zero-order valence-corrected chi connectivity index (χ0v) is 13.3. The molecule has 0 radical (unpaired) electrons. The highest BCUT2D eigenvalue weighted by Gasteiger charge is 2.58. The predicted octanol–water partition coefficient (Wildman–Crippen LogP) is 2.49. The van der Waals surface area contributed by atoms with E-state index in [9.17, 15) is 4.79 Å². The lowest BCUT2D eigenvalue weighted by Crippen LogP contribution is -2.30. The molecule has 1 aliphatic heterocycles. The maximum Gasteiger partial charge on any atom is 0.282 e. The van der Waals surface area contributed by atoms with Crippen molar-refractivity contribution in [2.24, 2.45) is 5.41 Å². The SMILES string of the molecule is N#CNC1C[C@@]12CCN(C(=O)c1nc(-c3ccccc3)cs1)C2. The first-order chi connectivity index (χ1) is 11.2. The Morgan fingerprint density at radius 1 is 1.43 bits per heavy atom. The molecule has 2 aliphatic rings. The van der Waals surface area contributed by atoms with Crippen molar-refractivity contribution >= 4 is 17.2 Å². The summed E-state index contributed by atoms with van der Waals surface area (Å²) in [7, 11) is 0. The molecular weight excluding hydrogens is 308 g/mol. The highest BCUT2D eigenvalue weighted by molar-refractivity contribution is 7.12. The summed E-state index contributed by atoms with van der Waals surface area (Å²) >= 11 is 1.40. The number of rotatable bonds is 3. The van der Waals surface area contributed by atoms with Gasteiger partial charge in [0.15, 0.2) is 11.2 Å². The van der Waals surface area contributed by atoms with Crippen LogP contribution in [0.2, 0.25) is 0 Å². The summed E-state index contributed by atoms with van der Waals surface area (Å²) in [5.41, 5.74) is 2.00.